The van der Waals surface area contributed by atoms with Crippen molar-refractivity contribution in [3.8, 4) is 0 Å². The van der Waals surface area contributed by atoms with Gasteiger partial charge in [0.05, 0.1) is 0 Å². The molecule has 0 radical (unpaired) electrons. The summed E-state index contributed by atoms with van der Waals surface area (Å²) in [4.78, 5) is 28.2. The highest BCUT2D eigenvalue weighted by Gasteiger charge is 2.32. The van der Waals surface area contributed by atoms with Crippen molar-refractivity contribution in [3.05, 3.63) is 6.33 Å². The Bertz CT molecular complexity index is 857. The van der Waals surface area contributed by atoms with Crippen molar-refractivity contribution in [1.29, 1.82) is 0 Å². The van der Waals surface area contributed by atoms with Gasteiger partial charge in [-0.05, 0) is 0 Å². The second-order valence-electron chi connectivity index (χ2n) is 4.98. The molecule has 2 aromatic rings. The van der Waals surface area contributed by atoms with Crippen molar-refractivity contribution >= 4 is 57.8 Å². The van der Waals surface area contributed by atoms with Crippen molar-refractivity contribution in [2.75, 3.05) is 17.2 Å². The zero-order chi connectivity index (χ0) is 16.5. The van der Waals surface area contributed by atoms with Gasteiger partial charge in [0, 0.05) is 11.5 Å². The molecule has 2 atom stereocenters. The fourth-order valence-corrected chi connectivity index (χ4v) is 4.05. The first-order valence-corrected chi connectivity index (χ1v) is 9.09. The molecule has 0 fully saturated rings. The van der Waals surface area contributed by atoms with Gasteiger partial charge in [0.15, 0.2) is 28.0 Å². The van der Waals surface area contributed by atoms with E-state index in [4.69, 9.17) is 11.5 Å². The summed E-state index contributed by atoms with van der Waals surface area (Å²) in [6, 6.07) is -0.123. The minimum Gasteiger partial charge on any atom is -0.385 e. The second kappa shape index (κ2) is 6.28. The molecule has 6 N–H and O–H groups in total. The van der Waals surface area contributed by atoms with Crippen LogP contribution in [0.25, 0.3) is 11.2 Å². The molecule has 24 heavy (non-hydrogen) atoms. The number of rotatable bonds is 4. The van der Waals surface area contributed by atoms with Crippen molar-refractivity contribution in [2.24, 2.45) is 20.7 Å². The standard InChI is InChI=1S/C12H14N10S2/c13-7-5-9(17-3-15-7)21-11(19-5)23-1-2-24-12-20-6-8(14)16-4-18-10(6)22-12/h3-5,9H,1-2H2,(H,19,21)(H2,13,15,17)(H3,14,16,18,20,22)/t5-,9+/m0/s1. The van der Waals surface area contributed by atoms with E-state index in [9.17, 15) is 0 Å². The zero-order valence-electron chi connectivity index (χ0n) is 12.4. The van der Waals surface area contributed by atoms with Gasteiger partial charge in [-0.3, -0.25) is 0 Å². The predicted molar refractivity (Wildman–Crippen MR) is 97.5 cm³/mol. The van der Waals surface area contributed by atoms with Gasteiger partial charge in [-0.2, -0.15) is 0 Å². The lowest BCUT2D eigenvalue weighted by Gasteiger charge is -2.16. The first-order chi connectivity index (χ1) is 11.7. The Labute approximate surface area is 145 Å². The lowest BCUT2D eigenvalue weighted by atomic mass is 10.2. The summed E-state index contributed by atoms with van der Waals surface area (Å²) >= 11 is 3.21. The van der Waals surface area contributed by atoms with E-state index in [0.717, 1.165) is 21.8 Å². The van der Waals surface area contributed by atoms with Gasteiger partial charge in [-0.25, -0.2) is 29.9 Å². The van der Waals surface area contributed by atoms with Crippen LogP contribution in [0.5, 0.6) is 0 Å². The van der Waals surface area contributed by atoms with Gasteiger partial charge < -0.3 is 21.8 Å². The molecule has 0 saturated carbocycles. The highest BCUT2D eigenvalue weighted by Crippen LogP contribution is 2.23. The van der Waals surface area contributed by atoms with Gasteiger partial charge in [0.1, 0.15) is 30.1 Å². The van der Waals surface area contributed by atoms with E-state index < -0.39 is 0 Å². The number of imidazole rings is 1. The summed E-state index contributed by atoms with van der Waals surface area (Å²) in [5.74, 6) is 2.63. The van der Waals surface area contributed by atoms with E-state index in [-0.39, 0.29) is 12.2 Å². The molecule has 0 unspecified atom stereocenters. The Morgan fingerprint density at radius 2 is 2.04 bits per heavy atom. The number of aliphatic imine (C=N–C) groups is 3. The van der Waals surface area contributed by atoms with Crippen LogP contribution in [0, 0.1) is 0 Å². The lowest BCUT2D eigenvalue weighted by Crippen LogP contribution is -2.46. The number of anilines is 1. The van der Waals surface area contributed by atoms with Crippen LogP contribution in [0.15, 0.2) is 26.5 Å². The van der Waals surface area contributed by atoms with Crippen LogP contribution in [0.4, 0.5) is 5.82 Å². The first-order valence-electron chi connectivity index (χ1n) is 7.11. The summed E-state index contributed by atoms with van der Waals surface area (Å²) < 4.78 is 0. The van der Waals surface area contributed by atoms with Gasteiger partial charge in [0.25, 0.3) is 0 Å². The second-order valence-corrected chi connectivity index (χ2v) is 7.15. The first kappa shape index (κ1) is 15.2. The number of aromatic nitrogens is 4. The van der Waals surface area contributed by atoms with Crippen molar-refractivity contribution < 1.29 is 0 Å². The molecule has 0 aromatic carbocycles. The average Bonchev–Trinajstić information content (AvgIpc) is 3.17. The number of nitrogens with one attached hydrogen (secondary N) is 2. The number of nitrogens with two attached hydrogens (primary N) is 2. The fourth-order valence-electron chi connectivity index (χ4n) is 2.28. The van der Waals surface area contributed by atoms with Gasteiger partial charge in [-0.1, -0.05) is 23.5 Å². The number of fused-ring (bicyclic) bond motifs is 2. The van der Waals surface area contributed by atoms with Crippen LogP contribution in [-0.4, -0.2) is 61.0 Å². The van der Waals surface area contributed by atoms with E-state index in [1.54, 1.807) is 23.5 Å². The topological polar surface area (TPSA) is 156 Å². The Kier molecular flexibility index (Phi) is 3.98. The summed E-state index contributed by atoms with van der Waals surface area (Å²) in [6.45, 7) is 0. The maximum Gasteiger partial charge on any atom is 0.183 e. The lowest BCUT2D eigenvalue weighted by molar-refractivity contribution is 0.648. The minimum absolute atomic E-state index is 0.123. The maximum absolute atomic E-state index is 5.84. The zero-order valence-corrected chi connectivity index (χ0v) is 14.0. The number of hydrogen-bond acceptors (Lipinski definition) is 11. The molecule has 0 saturated heterocycles. The average molecular weight is 362 g/mol. The number of thioether (sulfide) groups is 2. The van der Waals surface area contributed by atoms with E-state index in [1.807, 2.05) is 0 Å². The minimum atomic E-state index is -0.199. The Hall–Kier alpha value is -2.34. The normalized spacial score (nSPS) is 22.2. The largest absolute Gasteiger partial charge is 0.385 e. The third kappa shape index (κ3) is 2.89. The number of nitrogens with zero attached hydrogens (tertiary/aromatic N) is 6. The van der Waals surface area contributed by atoms with Crippen molar-refractivity contribution in [1.82, 2.24) is 25.3 Å². The molecule has 4 heterocycles. The van der Waals surface area contributed by atoms with Crippen molar-refractivity contribution in [3.63, 3.8) is 0 Å². The van der Waals surface area contributed by atoms with Crippen LogP contribution in [0.1, 0.15) is 0 Å². The maximum atomic E-state index is 5.84. The molecule has 0 amide bonds. The summed E-state index contributed by atoms with van der Waals surface area (Å²) in [5, 5.41) is 4.85. The number of aromatic amines is 1. The molecule has 4 rings (SSSR count). The summed E-state index contributed by atoms with van der Waals surface area (Å²) in [6.07, 6.45) is 2.67. The molecule has 12 heteroatoms. The molecule has 0 spiro atoms. The predicted octanol–water partition coefficient (Wildman–Crippen LogP) is -0.187. The van der Waals surface area contributed by atoms with Crippen molar-refractivity contribution in [2.45, 2.75) is 17.4 Å². The van der Waals surface area contributed by atoms with E-state index >= 15 is 0 Å². The number of H-pyrrole nitrogens is 1. The Morgan fingerprint density at radius 3 is 2.88 bits per heavy atom. The highest BCUT2D eigenvalue weighted by molar-refractivity contribution is 8.14. The molecule has 2 aliphatic heterocycles. The van der Waals surface area contributed by atoms with Gasteiger partial charge >= 0.3 is 0 Å². The molecule has 2 aromatic heterocycles. The molecular weight excluding hydrogens is 348 g/mol. The Morgan fingerprint density at radius 1 is 1.17 bits per heavy atom. The van der Waals surface area contributed by atoms with E-state index in [2.05, 4.69) is 40.2 Å². The fraction of sp³-hybridized carbons (Fsp3) is 0.333. The number of nitrogen functional groups attached to an aromatic ring is 1. The molecule has 0 bridgehead atoms. The third-order valence-corrected chi connectivity index (χ3v) is 5.47. The molecule has 2 aliphatic rings. The van der Waals surface area contributed by atoms with Crippen LogP contribution in [0.2, 0.25) is 0 Å². The van der Waals surface area contributed by atoms with Gasteiger partial charge in [-0.15, -0.1) is 0 Å². The molecule has 124 valence electrons. The molecule has 0 aliphatic carbocycles. The number of hydrogen-bond donors (Lipinski definition) is 4. The highest BCUT2D eigenvalue weighted by atomic mass is 32.2. The van der Waals surface area contributed by atoms with Crippen LogP contribution in [-0.2, 0) is 0 Å². The number of amidine groups is 2. The van der Waals surface area contributed by atoms with Crippen LogP contribution in [0.3, 0.4) is 0 Å². The SMILES string of the molecule is NC1=NC=N[C@@H]2N=C(SCCSc3nc4ncnc(N)c4[nH]3)N[C@@H]12. The molecular formula is C12H14N10S2. The van der Waals surface area contributed by atoms with Crippen LogP contribution < -0.4 is 16.8 Å². The van der Waals surface area contributed by atoms with E-state index in [1.165, 1.54) is 12.7 Å². The van der Waals surface area contributed by atoms with Gasteiger partial charge in [0.2, 0.25) is 0 Å². The van der Waals surface area contributed by atoms with E-state index in [0.29, 0.717) is 22.8 Å². The summed E-state index contributed by atoms with van der Waals surface area (Å²) in [7, 11) is 0. The smallest absolute Gasteiger partial charge is 0.183 e. The Balaban J connectivity index is 1.30. The monoisotopic (exact) mass is 362 g/mol. The quantitative estimate of drug-likeness (QED) is 0.431. The summed E-state index contributed by atoms with van der Waals surface area (Å²) in [5.41, 5.74) is 12.9. The third-order valence-electron chi connectivity index (χ3n) is 3.43. The molecule has 10 nitrogen and oxygen atoms in total. The van der Waals surface area contributed by atoms with Crippen LogP contribution >= 0.6 is 23.5 Å².